The van der Waals surface area contributed by atoms with Crippen molar-refractivity contribution in [3.05, 3.63) is 46.1 Å². The monoisotopic (exact) mass is 497 g/mol. The Bertz CT molecular complexity index is 1360. The third kappa shape index (κ3) is 3.70. The second-order valence-corrected chi connectivity index (χ2v) is 8.74. The molecule has 1 aromatic carbocycles. The van der Waals surface area contributed by atoms with Crippen molar-refractivity contribution in [1.29, 1.82) is 0 Å². The zero-order chi connectivity index (χ0) is 26.4. The van der Waals surface area contributed by atoms with E-state index >= 15 is 0 Å². The van der Waals surface area contributed by atoms with Crippen molar-refractivity contribution in [2.45, 2.75) is 39.8 Å². The van der Waals surface area contributed by atoms with Crippen LogP contribution in [0.4, 0.5) is 5.95 Å². The number of nitrogens with one attached hydrogen (secondary N) is 2. The lowest BCUT2D eigenvalue weighted by molar-refractivity contribution is -0.123. The molecule has 1 unspecified atom stereocenters. The molecule has 1 aliphatic heterocycles. The zero-order valence-electron chi connectivity index (χ0n) is 20.6. The Morgan fingerprint density at radius 3 is 2.61 bits per heavy atom. The molecule has 1 atom stereocenters. The largest absolute Gasteiger partial charge is 0.507 e. The normalized spacial score (nSPS) is 19.9. The summed E-state index contributed by atoms with van der Waals surface area (Å²) < 4.78 is 12.3. The molecule has 36 heavy (non-hydrogen) atoms. The number of benzene rings is 1. The van der Waals surface area contributed by atoms with Crippen LogP contribution in [0.5, 0.6) is 17.2 Å². The molecule has 190 valence electrons. The molecule has 0 saturated carbocycles. The summed E-state index contributed by atoms with van der Waals surface area (Å²) in [5, 5.41) is 31.5. The van der Waals surface area contributed by atoms with Crippen LogP contribution in [-0.2, 0) is 26.5 Å². The number of ether oxygens (including phenoxy) is 2. The third-order valence-corrected chi connectivity index (χ3v) is 6.42. The summed E-state index contributed by atoms with van der Waals surface area (Å²) in [5.74, 6) is -2.07. The van der Waals surface area contributed by atoms with Crippen molar-refractivity contribution in [1.82, 2.24) is 20.1 Å². The minimum atomic E-state index is -1.55. The molecule has 12 nitrogen and oxygen atoms in total. The lowest BCUT2D eigenvalue weighted by Gasteiger charge is -2.29. The van der Waals surface area contributed by atoms with Gasteiger partial charge in [0, 0.05) is 37.5 Å². The molecule has 4 N–H and O–H groups in total. The molecule has 0 radical (unpaired) electrons. The summed E-state index contributed by atoms with van der Waals surface area (Å²) in [6, 6.07) is 0. The predicted octanol–water partition coefficient (Wildman–Crippen LogP) is 1.47. The zero-order valence-corrected chi connectivity index (χ0v) is 20.6. The smallest absolute Gasteiger partial charge is 0.223 e. The second-order valence-electron chi connectivity index (χ2n) is 8.74. The van der Waals surface area contributed by atoms with E-state index in [2.05, 4.69) is 20.7 Å². The maximum Gasteiger partial charge on any atom is 0.223 e. The van der Waals surface area contributed by atoms with E-state index in [0.29, 0.717) is 24.7 Å². The van der Waals surface area contributed by atoms with Crippen molar-refractivity contribution in [2.24, 2.45) is 0 Å². The Morgan fingerprint density at radius 2 is 1.94 bits per heavy atom. The Labute approximate surface area is 206 Å². The van der Waals surface area contributed by atoms with Crippen molar-refractivity contribution in [3.63, 3.8) is 0 Å². The van der Waals surface area contributed by atoms with Gasteiger partial charge in [0.05, 0.1) is 11.1 Å². The maximum atomic E-state index is 13.8. The first kappa shape index (κ1) is 24.9. The van der Waals surface area contributed by atoms with Crippen LogP contribution >= 0.6 is 0 Å². The van der Waals surface area contributed by atoms with Gasteiger partial charge in [-0.15, -0.1) is 0 Å². The van der Waals surface area contributed by atoms with Gasteiger partial charge in [-0.25, -0.2) is 4.68 Å². The average molecular weight is 498 g/mol. The van der Waals surface area contributed by atoms with Crippen LogP contribution in [0.15, 0.2) is 29.4 Å². The van der Waals surface area contributed by atoms with Crippen LogP contribution in [0.2, 0.25) is 0 Å². The lowest BCUT2D eigenvalue weighted by atomic mass is 9.70. The summed E-state index contributed by atoms with van der Waals surface area (Å²) in [4.78, 5) is 43.1. The Balaban J connectivity index is 1.63. The number of allylic oxidation sites excluding steroid dienone is 4. The third-order valence-electron chi connectivity index (χ3n) is 6.42. The molecule has 0 spiro atoms. The molecule has 0 amide bonds. The summed E-state index contributed by atoms with van der Waals surface area (Å²) >= 11 is 0. The van der Waals surface area contributed by atoms with E-state index in [1.807, 2.05) is 0 Å². The first-order chi connectivity index (χ1) is 17.0. The summed E-state index contributed by atoms with van der Waals surface area (Å²) in [7, 11) is 1.54. The molecule has 1 aromatic heterocycles. The Hall–Kier alpha value is -4.19. The molecular weight excluding hydrogens is 470 g/mol. The van der Waals surface area contributed by atoms with Crippen LogP contribution < -0.4 is 15.4 Å². The molecule has 12 heteroatoms. The number of nitrogens with zero attached hydrogens (tertiary/aromatic N) is 3. The SMILES string of the molecule is COCn1ncnc1NCCNC(C)=C1C(=O)C=C2Oc3c(C(C)=O)c(O)c(C)c(O)c3C2(C)C1=O. The molecular formula is C24H27N5O7. The maximum absolute atomic E-state index is 13.8. The van der Waals surface area contributed by atoms with E-state index in [0.717, 1.165) is 0 Å². The average Bonchev–Trinajstić information content (AvgIpc) is 3.37. The van der Waals surface area contributed by atoms with Crippen LogP contribution in [0, 0.1) is 6.92 Å². The number of hydrogen-bond donors (Lipinski definition) is 4. The van der Waals surface area contributed by atoms with Crippen molar-refractivity contribution in [2.75, 3.05) is 25.5 Å². The minimum absolute atomic E-state index is 0.00834. The van der Waals surface area contributed by atoms with Gasteiger partial charge in [0.15, 0.2) is 17.3 Å². The van der Waals surface area contributed by atoms with E-state index < -0.39 is 28.5 Å². The van der Waals surface area contributed by atoms with Gasteiger partial charge in [0.25, 0.3) is 0 Å². The van der Waals surface area contributed by atoms with E-state index in [9.17, 15) is 24.6 Å². The van der Waals surface area contributed by atoms with Crippen LogP contribution in [0.1, 0.15) is 42.3 Å². The number of phenolic OH excluding ortho intramolecular Hbond substituents is 2. The van der Waals surface area contributed by atoms with Crippen LogP contribution in [0.25, 0.3) is 0 Å². The number of aromatic nitrogens is 3. The first-order valence-corrected chi connectivity index (χ1v) is 11.2. The molecule has 2 aliphatic rings. The summed E-state index contributed by atoms with van der Waals surface area (Å²) in [5.41, 5.74) is -1.35. The summed E-state index contributed by atoms with van der Waals surface area (Å²) in [6.45, 7) is 6.80. The van der Waals surface area contributed by atoms with Crippen molar-refractivity contribution < 1.29 is 34.1 Å². The fourth-order valence-electron chi connectivity index (χ4n) is 4.49. The fourth-order valence-corrected chi connectivity index (χ4v) is 4.49. The van der Waals surface area contributed by atoms with Gasteiger partial charge in [0.2, 0.25) is 5.95 Å². The predicted molar refractivity (Wildman–Crippen MR) is 127 cm³/mol. The van der Waals surface area contributed by atoms with Gasteiger partial charge in [-0.3, -0.25) is 14.4 Å². The molecule has 4 rings (SSSR count). The molecule has 0 bridgehead atoms. The number of anilines is 1. The van der Waals surface area contributed by atoms with E-state index in [-0.39, 0.29) is 46.3 Å². The highest BCUT2D eigenvalue weighted by Gasteiger charge is 2.56. The Morgan fingerprint density at radius 1 is 1.22 bits per heavy atom. The first-order valence-electron chi connectivity index (χ1n) is 11.2. The highest BCUT2D eigenvalue weighted by atomic mass is 16.5. The van der Waals surface area contributed by atoms with Crippen LogP contribution in [0.3, 0.4) is 0 Å². The second kappa shape index (κ2) is 9.11. The number of aromatic hydroxyl groups is 2. The number of methoxy groups -OCH3 is 1. The number of hydrogen-bond acceptors (Lipinski definition) is 11. The number of carbonyl (C=O) groups excluding carboxylic acids is 3. The molecule has 2 heterocycles. The molecule has 1 aliphatic carbocycles. The number of rotatable bonds is 8. The fraction of sp³-hybridized carbons (Fsp3) is 0.375. The molecule has 0 saturated heterocycles. The summed E-state index contributed by atoms with van der Waals surface area (Å²) in [6.07, 6.45) is 2.57. The van der Waals surface area contributed by atoms with Gasteiger partial charge in [-0.05, 0) is 27.7 Å². The quantitative estimate of drug-likeness (QED) is 0.181. The van der Waals surface area contributed by atoms with Gasteiger partial charge in [0.1, 0.15) is 47.0 Å². The van der Waals surface area contributed by atoms with Gasteiger partial charge >= 0.3 is 0 Å². The van der Waals surface area contributed by atoms with Crippen molar-refractivity contribution >= 4 is 23.3 Å². The van der Waals surface area contributed by atoms with Crippen molar-refractivity contribution in [3.8, 4) is 17.2 Å². The number of Topliss-reactive ketones (excluding diaryl/α,β-unsaturated/α-hetero) is 2. The van der Waals surface area contributed by atoms with E-state index in [1.165, 1.54) is 37.9 Å². The van der Waals surface area contributed by atoms with Gasteiger partial charge in [-0.1, -0.05) is 0 Å². The number of carbonyl (C=O) groups is 3. The Kier molecular flexibility index (Phi) is 6.31. The van der Waals surface area contributed by atoms with Crippen LogP contribution in [-0.4, -0.2) is 62.5 Å². The number of ketones is 3. The molecule has 2 aromatic rings. The van der Waals surface area contributed by atoms with E-state index in [1.54, 1.807) is 14.0 Å². The highest BCUT2D eigenvalue weighted by Crippen LogP contribution is 2.57. The topological polar surface area (TPSA) is 165 Å². The van der Waals surface area contributed by atoms with Gasteiger partial charge < -0.3 is 30.3 Å². The lowest BCUT2D eigenvalue weighted by Crippen LogP contribution is -2.41. The van der Waals surface area contributed by atoms with Gasteiger partial charge in [-0.2, -0.15) is 10.1 Å². The van der Waals surface area contributed by atoms with E-state index in [4.69, 9.17) is 9.47 Å². The number of phenols is 2. The number of fused-ring (bicyclic) bond motifs is 3. The highest BCUT2D eigenvalue weighted by molar-refractivity contribution is 6.31. The molecule has 0 fully saturated rings. The standard InChI is InChI=1S/C24H27N5O7/c1-11-19(32)17(13(3)30)21-18(20(11)33)24(4)15(36-21)8-14(31)16(22(24)34)12(2)25-6-7-26-23-27-9-28-29(23)10-35-5/h8-9,25,32-33H,6-7,10H2,1-5H3,(H,26,27,28). The minimum Gasteiger partial charge on any atom is -0.507 e.